The zero-order valence-electron chi connectivity index (χ0n) is 13.6. The largest absolute Gasteiger partial charge is 0.459 e. The molecule has 3 heterocycles. The Labute approximate surface area is 139 Å². The topological polar surface area (TPSA) is 92.4 Å². The first kappa shape index (κ1) is 16.3. The van der Waals surface area contributed by atoms with Crippen molar-refractivity contribution < 1.29 is 14.0 Å². The molecule has 0 unspecified atom stereocenters. The summed E-state index contributed by atoms with van der Waals surface area (Å²) >= 11 is 0. The van der Waals surface area contributed by atoms with Gasteiger partial charge in [0.25, 0.3) is 0 Å². The molecule has 0 aliphatic carbocycles. The van der Waals surface area contributed by atoms with E-state index < -0.39 is 5.91 Å². The van der Waals surface area contributed by atoms with Crippen LogP contribution in [0.4, 0.5) is 0 Å². The summed E-state index contributed by atoms with van der Waals surface area (Å²) in [6, 6.07) is 3.16. The highest BCUT2D eigenvalue weighted by Gasteiger charge is 2.26. The van der Waals surface area contributed by atoms with Crippen LogP contribution in [0, 0.1) is 5.92 Å². The van der Waals surface area contributed by atoms with Crippen LogP contribution in [0.1, 0.15) is 29.2 Å². The first-order chi connectivity index (χ1) is 11.6. The second kappa shape index (κ2) is 7.31. The van der Waals surface area contributed by atoms with Gasteiger partial charge in [0.05, 0.1) is 12.8 Å². The van der Waals surface area contributed by atoms with Crippen molar-refractivity contribution in [1.29, 1.82) is 0 Å². The number of likely N-dealkylation sites (tertiary alicyclic amines) is 1. The molecule has 8 heteroatoms. The van der Waals surface area contributed by atoms with E-state index in [1.807, 2.05) is 17.8 Å². The highest BCUT2D eigenvalue weighted by molar-refractivity contribution is 5.93. The fourth-order valence-corrected chi connectivity index (χ4v) is 2.79. The van der Waals surface area contributed by atoms with Crippen LogP contribution in [-0.4, -0.2) is 39.4 Å². The lowest BCUT2D eigenvalue weighted by Gasteiger charge is -2.30. The van der Waals surface area contributed by atoms with Gasteiger partial charge in [-0.2, -0.15) is 0 Å². The first-order valence-corrected chi connectivity index (χ1v) is 7.95. The van der Waals surface area contributed by atoms with E-state index in [1.54, 1.807) is 12.3 Å². The summed E-state index contributed by atoms with van der Waals surface area (Å²) in [6.07, 6.45) is 6.64. The minimum absolute atomic E-state index is 0.0977. The third kappa shape index (κ3) is 3.83. The van der Waals surface area contributed by atoms with Gasteiger partial charge in [0.1, 0.15) is 5.82 Å². The monoisotopic (exact) mass is 331 g/mol. The van der Waals surface area contributed by atoms with Gasteiger partial charge in [-0.25, -0.2) is 4.98 Å². The van der Waals surface area contributed by atoms with Gasteiger partial charge in [-0.1, -0.05) is 0 Å². The number of aromatic nitrogens is 2. The number of hydrazine groups is 1. The lowest BCUT2D eigenvalue weighted by atomic mass is 9.96. The molecule has 1 aliphatic heterocycles. The molecule has 1 aliphatic rings. The fourth-order valence-electron chi connectivity index (χ4n) is 2.79. The van der Waals surface area contributed by atoms with Gasteiger partial charge < -0.3 is 8.98 Å². The quantitative estimate of drug-likeness (QED) is 0.804. The van der Waals surface area contributed by atoms with Gasteiger partial charge in [-0.3, -0.25) is 25.3 Å². The van der Waals surface area contributed by atoms with Crippen molar-refractivity contribution >= 4 is 11.8 Å². The standard InChI is InChI=1S/C16H21N5O3/c1-20-9-6-17-14(20)11-21-7-4-12(5-8-21)15(22)18-19-16(23)13-3-2-10-24-13/h2-3,6,9-10,12H,4-5,7-8,11H2,1H3,(H,18,22)(H,19,23). The van der Waals surface area contributed by atoms with Crippen LogP contribution in [0.5, 0.6) is 0 Å². The number of carbonyl (C=O) groups excluding carboxylic acids is 2. The number of hydrogen-bond donors (Lipinski definition) is 2. The Morgan fingerprint density at radius 1 is 1.33 bits per heavy atom. The smallest absolute Gasteiger partial charge is 0.305 e. The molecule has 2 aromatic rings. The van der Waals surface area contributed by atoms with E-state index in [0.717, 1.165) is 38.3 Å². The summed E-state index contributed by atoms with van der Waals surface area (Å²) in [5, 5.41) is 0. The minimum atomic E-state index is -0.458. The van der Waals surface area contributed by atoms with E-state index in [-0.39, 0.29) is 17.6 Å². The Kier molecular flexibility index (Phi) is 4.95. The Hall–Kier alpha value is -2.61. The molecule has 128 valence electrons. The number of carbonyl (C=O) groups is 2. The van der Waals surface area contributed by atoms with Gasteiger partial charge in [0, 0.05) is 25.4 Å². The molecule has 2 amide bonds. The number of nitrogens with zero attached hydrogens (tertiary/aromatic N) is 3. The number of piperidine rings is 1. The molecule has 0 saturated carbocycles. The average molecular weight is 331 g/mol. The molecular weight excluding hydrogens is 310 g/mol. The number of hydrogen-bond acceptors (Lipinski definition) is 5. The highest BCUT2D eigenvalue weighted by atomic mass is 16.3. The molecule has 0 bridgehead atoms. The van der Waals surface area contributed by atoms with Crippen molar-refractivity contribution in [3.8, 4) is 0 Å². The molecule has 8 nitrogen and oxygen atoms in total. The predicted molar refractivity (Wildman–Crippen MR) is 85.5 cm³/mol. The summed E-state index contributed by atoms with van der Waals surface area (Å²) in [7, 11) is 1.98. The number of imidazole rings is 1. The zero-order valence-corrected chi connectivity index (χ0v) is 13.6. The molecule has 0 atom stereocenters. The summed E-state index contributed by atoms with van der Waals surface area (Å²) in [5.41, 5.74) is 4.85. The number of furan rings is 1. The highest BCUT2D eigenvalue weighted by Crippen LogP contribution is 2.18. The van der Waals surface area contributed by atoms with E-state index in [4.69, 9.17) is 4.42 Å². The Morgan fingerprint density at radius 2 is 2.12 bits per heavy atom. The fraction of sp³-hybridized carbons (Fsp3) is 0.438. The Bertz CT molecular complexity index is 686. The average Bonchev–Trinajstić information content (AvgIpc) is 3.26. The van der Waals surface area contributed by atoms with Gasteiger partial charge >= 0.3 is 5.91 Å². The van der Waals surface area contributed by atoms with E-state index in [2.05, 4.69) is 20.7 Å². The molecule has 1 fully saturated rings. The normalized spacial score (nSPS) is 16.0. The second-order valence-corrected chi connectivity index (χ2v) is 5.93. The molecule has 24 heavy (non-hydrogen) atoms. The van der Waals surface area contributed by atoms with Crippen molar-refractivity contribution in [2.24, 2.45) is 13.0 Å². The molecule has 0 radical (unpaired) electrons. The van der Waals surface area contributed by atoms with Crippen molar-refractivity contribution in [3.63, 3.8) is 0 Å². The first-order valence-electron chi connectivity index (χ1n) is 7.95. The Morgan fingerprint density at radius 3 is 2.75 bits per heavy atom. The van der Waals surface area contributed by atoms with E-state index >= 15 is 0 Å². The van der Waals surface area contributed by atoms with Crippen LogP contribution < -0.4 is 10.9 Å². The zero-order chi connectivity index (χ0) is 16.9. The van der Waals surface area contributed by atoms with E-state index in [0.29, 0.717) is 0 Å². The van der Waals surface area contributed by atoms with E-state index in [1.165, 1.54) is 12.3 Å². The van der Waals surface area contributed by atoms with Crippen LogP contribution in [0.2, 0.25) is 0 Å². The summed E-state index contributed by atoms with van der Waals surface area (Å²) in [4.78, 5) is 30.5. The molecule has 3 rings (SSSR count). The summed E-state index contributed by atoms with van der Waals surface area (Å²) in [5.74, 6) is 0.468. The van der Waals surface area contributed by atoms with Crippen molar-refractivity contribution in [1.82, 2.24) is 25.3 Å². The number of aryl methyl sites for hydroxylation is 1. The third-order valence-electron chi connectivity index (χ3n) is 4.29. The van der Waals surface area contributed by atoms with Crippen molar-refractivity contribution in [2.45, 2.75) is 19.4 Å². The molecule has 2 N–H and O–H groups in total. The van der Waals surface area contributed by atoms with Crippen molar-refractivity contribution in [3.05, 3.63) is 42.4 Å². The lowest BCUT2D eigenvalue weighted by Crippen LogP contribution is -2.47. The number of amides is 2. The Balaban J connectivity index is 1.42. The van der Waals surface area contributed by atoms with Crippen LogP contribution in [0.25, 0.3) is 0 Å². The molecular formula is C16H21N5O3. The van der Waals surface area contributed by atoms with Gasteiger partial charge in [0.2, 0.25) is 5.91 Å². The number of nitrogens with one attached hydrogen (secondary N) is 2. The van der Waals surface area contributed by atoms with Gasteiger partial charge in [-0.15, -0.1) is 0 Å². The summed E-state index contributed by atoms with van der Waals surface area (Å²) < 4.78 is 6.97. The predicted octanol–water partition coefficient (Wildman–Crippen LogP) is 0.686. The maximum Gasteiger partial charge on any atom is 0.305 e. The van der Waals surface area contributed by atoms with Crippen LogP contribution >= 0.6 is 0 Å². The van der Waals surface area contributed by atoms with Gasteiger partial charge in [0.15, 0.2) is 5.76 Å². The van der Waals surface area contributed by atoms with Crippen LogP contribution in [-0.2, 0) is 18.4 Å². The maximum absolute atomic E-state index is 12.2. The van der Waals surface area contributed by atoms with Gasteiger partial charge in [-0.05, 0) is 38.1 Å². The van der Waals surface area contributed by atoms with Crippen LogP contribution in [0.3, 0.4) is 0 Å². The molecule has 0 spiro atoms. The SMILES string of the molecule is Cn1ccnc1CN1CCC(C(=O)NNC(=O)c2ccco2)CC1. The van der Waals surface area contributed by atoms with Crippen molar-refractivity contribution in [2.75, 3.05) is 13.1 Å². The second-order valence-electron chi connectivity index (χ2n) is 5.93. The maximum atomic E-state index is 12.2. The van der Waals surface area contributed by atoms with E-state index in [9.17, 15) is 9.59 Å². The lowest BCUT2D eigenvalue weighted by molar-refractivity contribution is -0.127. The minimum Gasteiger partial charge on any atom is -0.459 e. The molecule has 0 aromatic carbocycles. The molecule has 1 saturated heterocycles. The third-order valence-corrected chi connectivity index (χ3v) is 4.29. The van der Waals surface area contributed by atoms with Crippen LogP contribution in [0.15, 0.2) is 35.2 Å². The number of rotatable bonds is 4. The molecule has 2 aromatic heterocycles. The summed E-state index contributed by atoms with van der Waals surface area (Å²) in [6.45, 7) is 2.45.